The van der Waals surface area contributed by atoms with Crippen LogP contribution < -0.4 is 10.0 Å². The number of carboxylic acids is 1. The number of aromatic carboxylic acids is 1. The van der Waals surface area contributed by atoms with Gasteiger partial charge in [0.1, 0.15) is 11.5 Å². The summed E-state index contributed by atoms with van der Waals surface area (Å²) in [5, 5.41) is 10.9. The average Bonchev–Trinajstić information content (AvgIpc) is 3.04. The van der Waals surface area contributed by atoms with Gasteiger partial charge in [-0.3, -0.25) is 9.69 Å². The summed E-state index contributed by atoms with van der Waals surface area (Å²) in [5.74, 6) is 1.20. The van der Waals surface area contributed by atoms with E-state index in [4.69, 9.17) is 16.6 Å². The number of carbonyl (C=O) groups excluding carboxylic acids is 2. The Hall–Kier alpha value is -2.38. The normalized spacial score (nSPS) is 23.7. The minimum atomic E-state index is -1.26. The summed E-state index contributed by atoms with van der Waals surface area (Å²) in [6, 6.07) is 9.68. The SMILES string of the molecule is C[C@H]1C[C@@H]1c1ccc(/C=C2\SC(=S)N(c3ccc(C(=O)[O-])cc3)C2=O)o1. The minimum Gasteiger partial charge on any atom is -0.545 e. The molecular formula is C19H14NO4S2-. The summed E-state index contributed by atoms with van der Waals surface area (Å²) in [4.78, 5) is 25.4. The van der Waals surface area contributed by atoms with Crippen LogP contribution in [0.2, 0.25) is 0 Å². The Morgan fingerprint density at radius 2 is 2.00 bits per heavy atom. The van der Waals surface area contributed by atoms with Gasteiger partial charge in [-0.05, 0) is 42.2 Å². The fourth-order valence-corrected chi connectivity index (χ4v) is 4.21. The Morgan fingerprint density at radius 3 is 2.62 bits per heavy atom. The Morgan fingerprint density at radius 1 is 1.31 bits per heavy atom. The average molecular weight is 384 g/mol. The number of carboxylic acid groups (broad SMARTS) is 1. The maximum Gasteiger partial charge on any atom is 0.270 e. The molecule has 2 heterocycles. The van der Waals surface area contributed by atoms with Crippen molar-refractivity contribution in [2.75, 3.05) is 4.90 Å². The maximum atomic E-state index is 12.7. The van der Waals surface area contributed by atoms with E-state index < -0.39 is 5.97 Å². The third-order valence-corrected chi connectivity index (χ3v) is 5.85. The van der Waals surface area contributed by atoms with Crippen LogP contribution in [-0.4, -0.2) is 16.2 Å². The summed E-state index contributed by atoms with van der Waals surface area (Å²) >= 11 is 6.51. The number of rotatable bonds is 4. The highest BCUT2D eigenvalue weighted by molar-refractivity contribution is 8.27. The van der Waals surface area contributed by atoms with Gasteiger partial charge in [0.2, 0.25) is 0 Å². The second kappa shape index (κ2) is 6.41. The van der Waals surface area contributed by atoms with E-state index in [0.29, 0.717) is 32.5 Å². The summed E-state index contributed by atoms with van der Waals surface area (Å²) < 4.78 is 6.22. The molecule has 0 N–H and O–H groups in total. The third kappa shape index (κ3) is 3.08. The molecule has 0 spiro atoms. The van der Waals surface area contributed by atoms with E-state index in [-0.39, 0.29) is 11.5 Å². The fraction of sp³-hybridized carbons (Fsp3) is 0.211. The molecule has 1 aromatic carbocycles. The zero-order valence-corrected chi connectivity index (χ0v) is 15.4. The minimum absolute atomic E-state index is 0.0483. The van der Waals surface area contributed by atoms with E-state index in [1.165, 1.54) is 40.9 Å². The first-order chi connectivity index (χ1) is 12.4. The van der Waals surface area contributed by atoms with Crippen molar-refractivity contribution in [1.82, 2.24) is 0 Å². The number of benzene rings is 1. The predicted octanol–water partition coefficient (Wildman–Crippen LogP) is 3.17. The molecule has 132 valence electrons. The topological polar surface area (TPSA) is 73.6 Å². The zero-order valence-electron chi connectivity index (χ0n) is 13.8. The molecule has 4 rings (SSSR count). The molecule has 0 unspecified atom stereocenters. The lowest BCUT2D eigenvalue weighted by molar-refractivity contribution is -0.255. The molecule has 0 radical (unpaired) electrons. The number of thiocarbonyl (C=S) groups is 1. The lowest BCUT2D eigenvalue weighted by Crippen LogP contribution is -2.28. The van der Waals surface area contributed by atoms with Gasteiger partial charge in [0.05, 0.1) is 16.6 Å². The molecule has 1 aliphatic heterocycles. The van der Waals surface area contributed by atoms with E-state index >= 15 is 0 Å². The third-order valence-electron chi connectivity index (χ3n) is 4.55. The van der Waals surface area contributed by atoms with Crippen molar-refractivity contribution in [1.29, 1.82) is 0 Å². The molecule has 1 saturated heterocycles. The maximum absolute atomic E-state index is 12.7. The molecular weight excluding hydrogens is 370 g/mol. The van der Waals surface area contributed by atoms with Crippen LogP contribution in [-0.2, 0) is 4.79 Å². The number of carbonyl (C=O) groups is 2. The number of hydrogen-bond donors (Lipinski definition) is 0. The van der Waals surface area contributed by atoms with Crippen LogP contribution >= 0.6 is 24.0 Å². The quantitative estimate of drug-likeness (QED) is 0.595. The monoisotopic (exact) mass is 384 g/mol. The molecule has 1 amide bonds. The Kier molecular flexibility index (Phi) is 4.20. The van der Waals surface area contributed by atoms with Gasteiger partial charge in [-0.1, -0.05) is 43.0 Å². The molecule has 1 saturated carbocycles. The van der Waals surface area contributed by atoms with Crippen molar-refractivity contribution in [3.8, 4) is 0 Å². The summed E-state index contributed by atoms with van der Waals surface area (Å²) in [6.45, 7) is 2.18. The van der Waals surface area contributed by atoms with Gasteiger partial charge in [-0.15, -0.1) is 0 Å². The highest BCUT2D eigenvalue weighted by atomic mass is 32.2. The van der Waals surface area contributed by atoms with E-state index in [1.807, 2.05) is 12.1 Å². The van der Waals surface area contributed by atoms with Gasteiger partial charge >= 0.3 is 0 Å². The van der Waals surface area contributed by atoms with E-state index in [2.05, 4.69) is 6.92 Å². The molecule has 1 aliphatic carbocycles. The van der Waals surface area contributed by atoms with Crippen LogP contribution in [0.25, 0.3) is 6.08 Å². The summed E-state index contributed by atoms with van der Waals surface area (Å²) in [5.41, 5.74) is 0.569. The molecule has 7 heteroatoms. The van der Waals surface area contributed by atoms with Crippen molar-refractivity contribution in [3.63, 3.8) is 0 Å². The van der Waals surface area contributed by atoms with Crippen LogP contribution in [0.5, 0.6) is 0 Å². The predicted molar refractivity (Wildman–Crippen MR) is 102 cm³/mol. The largest absolute Gasteiger partial charge is 0.545 e. The van der Waals surface area contributed by atoms with Crippen LogP contribution in [0, 0.1) is 5.92 Å². The van der Waals surface area contributed by atoms with Gasteiger partial charge in [0.25, 0.3) is 5.91 Å². The molecule has 5 nitrogen and oxygen atoms in total. The molecule has 2 atom stereocenters. The standard InChI is InChI=1S/C19H15NO4S2/c1-10-8-14(10)15-7-6-13(24-15)9-16-17(21)20(19(25)26-16)12-4-2-11(3-5-12)18(22)23/h2-7,9-10,14H,8H2,1H3,(H,22,23)/p-1/b16-9-/t10-,14-/m0/s1. The summed E-state index contributed by atoms with van der Waals surface area (Å²) in [6.07, 6.45) is 2.84. The second-order valence-corrected chi connectivity index (χ2v) is 8.09. The Balaban J connectivity index is 1.56. The number of furan rings is 1. The van der Waals surface area contributed by atoms with E-state index in [9.17, 15) is 14.7 Å². The molecule has 26 heavy (non-hydrogen) atoms. The number of anilines is 1. The van der Waals surface area contributed by atoms with Gasteiger partial charge in [-0.25, -0.2) is 0 Å². The molecule has 0 bridgehead atoms. The molecule has 2 fully saturated rings. The van der Waals surface area contributed by atoms with Crippen LogP contribution in [0.4, 0.5) is 5.69 Å². The van der Waals surface area contributed by atoms with Crippen molar-refractivity contribution in [2.45, 2.75) is 19.3 Å². The fourth-order valence-electron chi connectivity index (χ4n) is 2.93. The van der Waals surface area contributed by atoms with Crippen LogP contribution in [0.1, 0.15) is 41.1 Å². The van der Waals surface area contributed by atoms with Crippen molar-refractivity contribution >= 4 is 51.9 Å². The smallest absolute Gasteiger partial charge is 0.270 e. The van der Waals surface area contributed by atoms with Gasteiger partial charge in [-0.2, -0.15) is 0 Å². The van der Waals surface area contributed by atoms with E-state index in [1.54, 1.807) is 6.08 Å². The highest BCUT2D eigenvalue weighted by Crippen LogP contribution is 2.47. The lowest BCUT2D eigenvalue weighted by atomic mass is 10.2. The first kappa shape index (κ1) is 17.1. The Labute approximate surface area is 159 Å². The summed E-state index contributed by atoms with van der Waals surface area (Å²) in [7, 11) is 0. The van der Waals surface area contributed by atoms with Gasteiger partial charge < -0.3 is 14.3 Å². The number of hydrogen-bond acceptors (Lipinski definition) is 6. The first-order valence-electron chi connectivity index (χ1n) is 8.13. The molecule has 2 aliphatic rings. The van der Waals surface area contributed by atoms with Crippen molar-refractivity contribution in [3.05, 3.63) is 58.4 Å². The van der Waals surface area contributed by atoms with Crippen LogP contribution in [0.3, 0.4) is 0 Å². The second-order valence-electron chi connectivity index (χ2n) is 6.41. The zero-order chi connectivity index (χ0) is 18.4. The van der Waals surface area contributed by atoms with Gasteiger partial charge in [0, 0.05) is 12.0 Å². The first-order valence-corrected chi connectivity index (χ1v) is 9.35. The molecule has 1 aromatic heterocycles. The van der Waals surface area contributed by atoms with Crippen molar-refractivity contribution < 1.29 is 19.1 Å². The van der Waals surface area contributed by atoms with Crippen molar-refractivity contribution in [2.24, 2.45) is 5.92 Å². The van der Waals surface area contributed by atoms with Crippen LogP contribution in [0.15, 0.2) is 45.7 Å². The Bertz CT molecular complexity index is 945. The number of nitrogens with zero attached hydrogens (tertiary/aromatic N) is 1. The van der Waals surface area contributed by atoms with Gasteiger partial charge in [0.15, 0.2) is 4.32 Å². The number of amides is 1. The van der Waals surface area contributed by atoms with E-state index in [0.717, 1.165) is 12.2 Å². The lowest BCUT2D eigenvalue weighted by Gasteiger charge is -2.15. The highest BCUT2D eigenvalue weighted by Gasteiger charge is 2.37. The molecule has 2 aromatic rings. The number of thioether (sulfide) groups is 1.